The van der Waals surface area contributed by atoms with Crippen molar-refractivity contribution in [3.8, 4) is 0 Å². The lowest BCUT2D eigenvalue weighted by molar-refractivity contribution is -0.138. The van der Waals surface area contributed by atoms with E-state index in [4.69, 9.17) is 4.52 Å². The number of nitrogens with one attached hydrogen (secondary N) is 2. The highest BCUT2D eigenvalue weighted by molar-refractivity contribution is 5.92. The predicted molar refractivity (Wildman–Crippen MR) is 88.5 cm³/mol. The zero-order valence-electron chi connectivity index (χ0n) is 14.4. The van der Waals surface area contributed by atoms with Gasteiger partial charge in [0.2, 0.25) is 11.8 Å². The molecule has 8 heteroatoms. The highest BCUT2D eigenvalue weighted by atomic mass is 19.4. The number of alkyl halides is 3. The van der Waals surface area contributed by atoms with Gasteiger partial charge in [-0.3, -0.25) is 10.1 Å². The lowest BCUT2D eigenvalue weighted by Crippen LogP contribution is -2.21. The molecule has 0 spiro atoms. The summed E-state index contributed by atoms with van der Waals surface area (Å²) in [5.41, 5.74) is 0.0626. The lowest BCUT2D eigenvalue weighted by Gasteiger charge is -2.13. The van der Waals surface area contributed by atoms with Crippen LogP contribution in [-0.2, 0) is 16.4 Å². The van der Waals surface area contributed by atoms with E-state index in [0.29, 0.717) is 5.69 Å². The van der Waals surface area contributed by atoms with Gasteiger partial charge >= 0.3 is 6.18 Å². The summed E-state index contributed by atoms with van der Waals surface area (Å²) in [5, 5.41) is 9.05. The van der Waals surface area contributed by atoms with Gasteiger partial charge in [-0.25, -0.2) is 0 Å². The smallest absolute Gasteiger partial charge is 0.376 e. The van der Waals surface area contributed by atoms with Crippen LogP contribution in [0.4, 0.5) is 24.7 Å². The van der Waals surface area contributed by atoms with Gasteiger partial charge in [-0.1, -0.05) is 32.0 Å². The number of aryl methyl sites for hydroxylation is 1. The first-order chi connectivity index (χ1) is 11.5. The van der Waals surface area contributed by atoms with Crippen LogP contribution >= 0.6 is 0 Å². The summed E-state index contributed by atoms with van der Waals surface area (Å²) in [6.07, 6.45) is -4.44. The Morgan fingerprint density at radius 3 is 2.44 bits per heavy atom. The molecule has 0 fully saturated rings. The van der Waals surface area contributed by atoms with Gasteiger partial charge in [0.15, 0.2) is 0 Å². The molecular formula is C17H20F3N3O2. The van der Waals surface area contributed by atoms with E-state index in [1.807, 2.05) is 20.8 Å². The number of nitrogens with zero attached hydrogens (tertiary/aromatic N) is 1. The van der Waals surface area contributed by atoms with Crippen LogP contribution in [0.15, 0.2) is 28.8 Å². The Hall–Kier alpha value is -2.51. The molecule has 0 unspecified atom stereocenters. The molecule has 1 aromatic heterocycles. The molecular weight excluding hydrogens is 335 g/mol. The van der Waals surface area contributed by atoms with Crippen LogP contribution < -0.4 is 10.6 Å². The third-order valence-corrected chi connectivity index (χ3v) is 3.54. The predicted octanol–water partition coefficient (Wildman–Crippen LogP) is 4.35. The maximum Gasteiger partial charge on any atom is 0.416 e. The number of carbonyl (C=O) groups excluding carboxylic acids is 1. The van der Waals surface area contributed by atoms with E-state index < -0.39 is 17.6 Å². The SMILES string of the molecule is Cc1ccc(NCC(=O)Nc2cc(C(C)(C)C)no2)cc1C(F)(F)F. The minimum absolute atomic E-state index is 0.124. The third-order valence-electron chi connectivity index (χ3n) is 3.54. The number of anilines is 2. The molecule has 25 heavy (non-hydrogen) atoms. The number of hydrogen-bond acceptors (Lipinski definition) is 4. The number of amides is 1. The Balaban J connectivity index is 1.97. The summed E-state index contributed by atoms with van der Waals surface area (Å²) in [5.74, 6) is -0.262. The fourth-order valence-electron chi connectivity index (χ4n) is 2.09. The van der Waals surface area contributed by atoms with Gasteiger partial charge in [0.1, 0.15) is 0 Å². The standard InChI is InChI=1S/C17H20F3N3O2/c1-10-5-6-11(7-12(10)17(18,19)20)21-9-14(24)22-15-8-13(23-25-15)16(2,3)4/h5-8,21H,9H2,1-4H3,(H,22,24). The molecule has 2 rings (SSSR count). The summed E-state index contributed by atoms with van der Waals surface area (Å²) >= 11 is 0. The first-order valence-corrected chi connectivity index (χ1v) is 7.65. The van der Waals surface area contributed by atoms with E-state index >= 15 is 0 Å². The number of rotatable bonds is 4. The summed E-state index contributed by atoms with van der Waals surface area (Å²) < 4.78 is 43.7. The molecule has 1 aromatic carbocycles. The molecule has 136 valence electrons. The number of aromatic nitrogens is 1. The number of benzene rings is 1. The first kappa shape index (κ1) is 18.8. The maximum atomic E-state index is 12.9. The van der Waals surface area contributed by atoms with E-state index in [0.717, 1.165) is 6.07 Å². The van der Waals surface area contributed by atoms with Crippen molar-refractivity contribution in [1.82, 2.24) is 5.16 Å². The van der Waals surface area contributed by atoms with E-state index in [1.54, 1.807) is 6.07 Å². The fourth-order valence-corrected chi connectivity index (χ4v) is 2.09. The van der Waals surface area contributed by atoms with Crippen LogP contribution in [0.25, 0.3) is 0 Å². The fraction of sp³-hybridized carbons (Fsp3) is 0.412. The summed E-state index contributed by atoms with van der Waals surface area (Å²) in [7, 11) is 0. The molecule has 0 radical (unpaired) electrons. The number of hydrogen-bond donors (Lipinski definition) is 2. The van der Waals surface area contributed by atoms with E-state index in [1.165, 1.54) is 19.1 Å². The zero-order valence-corrected chi connectivity index (χ0v) is 14.4. The van der Waals surface area contributed by atoms with Crippen molar-refractivity contribution in [1.29, 1.82) is 0 Å². The second-order valence-electron chi connectivity index (χ2n) is 6.76. The molecule has 1 heterocycles. The average Bonchev–Trinajstić information content (AvgIpc) is 2.93. The Kier molecular flexibility index (Phi) is 5.10. The van der Waals surface area contributed by atoms with E-state index in [2.05, 4.69) is 15.8 Å². The molecule has 0 saturated heterocycles. The van der Waals surface area contributed by atoms with Gasteiger partial charge in [0.25, 0.3) is 0 Å². The maximum absolute atomic E-state index is 12.9. The van der Waals surface area contributed by atoms with Crippen molar-refractivity contribution in [3.05, 3.63) is 41.1 Å². The molecule has 0 aliphatic carbocycles. The molecule has 0 aliphatic rings. The second-order valence-corrected chi connectivity index (χ2v) is 6.76. The number of carbonyl (C=O) groups is 1. The van der Waals surface area contributed by atoms with E-state index in [-0.39, 0.29) is 29.1 Å². The van der Waals surface area contributed by atoms with Crippen molar-refractivity contribution >= 4 is 17.5 Å². The minimum Gasteiger partial charge on any atom is -0.376 e. The highest BCUT2D eigenvalue weighted by Gasteiger charge is 2.32. The van der Waals surface area contributed by atoms with Crippen LogP contribution in [0.3, 0.4) is 0 Å². The Morgan fingerprint density at radius 1 is 1.20 bits per heavy atom. The Morgan fingerprint density at radius 2 is 1.88 bits per heavy atom. The molecule has 1 amide bonds. The molecule has 0 bridgehead atoms. The molecule has 2 N–H and O–H groups in total. The average molecular weight is 355 g/mol. The third kappa shape index (κ3) is 4.98. The normalized spacial score (nSPS) is 12.1. The Bertz CT molecular complexity index is 761. The first-order valence-electron chi connectivity index (χ1n) is 7.65. The Labute approximate surface area is 143 Å². The van der Waals surface area contributed by atoms with Crippen LogP contribution in [-0.4, -0.2) is 17.6 Å². The van der Waals surface area contributed by atoms with Gasteiger partial charge in [0, 0.05) is 17.2 Å². The van der Waals surface area contributed by atoms with Gasteiger partial charge in [-0.2, -0.15) is 13.2 Å². The van der Waals surface area contributed by atoms with Gasteiger partial charge in [-0.15, -0.1) is 0 Å². The van der Waals surface area contributed by atoms with Crippen molar-refractivity contribution in [2.75, 3.05) is 17.2 Å². The van der Waals surface area contributed by atoms with E-state index in [9.17, 15) is 18.0 Å². The molecule has 5 nitrogen and oxygen atoms in total. The van der Waals surface area contributed by atoms with Crippen molar-refractivity contribution in [2.45, 2.75) is 39.3 Å². The summed E-state index contributed by atoms with van der Waals surface area (Å²) in [4.78, 5) is 11.9. The highest BCUT2D eigenvalue weighted by Crippen LogP contribution is 2.33. The van der Waals surface area contributed by atoms with Gasteiger partial charge in [0.05, 0.1) is 17.8 Å². The van der Waals surface area contributed by atoms with Crippen LogP contribution in [0.2, 0.25) is 0 Å². The molecule has 0 aliphatic heterocycles. The van der Waals surface area contributed by atoms with Gasteiger partial charge in [-0.05, 0) is 24.6 Å². The van der Waals surface area contributed by atoms with Crippen molar-refractivity contribution in [2.24, 2.45) is 0 Å². The van der Waals surface area contributed by atoms with Crippen LogP contribution in [0, 0.1) is 6.92 Å². The summed E-state index contributed by atoms with van der Waals surface area (Å²) in [6.45, 7) is 7.04. The number of halogens is 3. The molecule has 0 saturated carbocycles. The second kappa shape index (κ2) is 6.78. The minimum atomic E-state index is -4.44. The van der Waals surface area contributed by atoms with Crippen LogP contribution in [0.5, 0.6) is 0 Å². The topological polar surface area (TPSA) is 67.2 Å². The largest absolute Gasteiger partial charge is 0.416 e. The zero-order chi connectivity index (χ0) is 18.8. The van der Waals surface area contributed by atoms with Crippen LogP contribution in [0.1, 0.15) is 37.6 Å². The molecule has 0 atom stereocenters. The lowest BCUT2D eigenvalue weighted by atomic mass is 9.92. The quantitative estimate of drug-likeness (QED) is 0.856. The van der Waals surface area contributed by atoms with Gasteiger partial charge < -0.3 is 9.84 Å². The van der Waals surface area contributed by atoms with Crippen molar-refractivity contribution < 1.29 is 22.5 Å². The molecule has 2 aromatic rings. The summed E-state index contributed by atoms with van der Waals surface area (Å²) in [6, 6.07) is 5.44. The monoisotopic (exact) mass is 355 g/mol. The van der Waals surface area contributed by atoms with Crippen molar-refractivity contribution in [3.63, 3.8) is 0 Å².